The Bertz CT molecular complexity index is 697. The maximum atomic E-state index is 11.9. The van der Waals surface area contributed by atoms with Crippen LogP contribution in [0, 0.1) is 18.3 Å². The minimum Gasteiger partial charge on any atom is -0.332 e. The lowest BCUT2D eigenvalue weighted by atomic mass is 10.3. The summed E-state index contributed by atoms with van der Waals surface area (Å²) in [6.45, 7) is 1.65. The van der Waals surface area contributed by atoms with Gasteiger partial charge in [-0.15, -0.1) is 0 Å². The number of aromatic amines is 1. The van der Waals surface area contributed by atoms with E-state index in [9.17, 15) is 8.42 Å². The van der Waals surface area contributed by atoms with Crippen molar-refractivity contribution in [2.75, 3.05) is 4.72 Å². The first-order valence-corrected chi connectivity index (χ1v) is 6.40. The molecule has 0 aliphatic heterocycles. The number of pyridine rings is 1. The molecule has 0 spiro atoms. The van der Waals surface area contributed by atoms with Gasteiger partial charge in [0.15, 0.2) is 5.03 Å². The molecule has 0 aromatic carbocycles. The van der Waals surface area contributed by atoms with Crippen LogP contribution in [0.3, 0.4) is 0 Å². The van der Waals surface area contributed by atoms with Gasteiger partial charge in [-0.3, -0.25) is 4.72 Å². The molecule has 0 saturated carbocycles. The van der Waals surface area contributed by atoms with Gasteiger partial charge in [0.05, 0.1) is 11.8 Å². The third-order valence-corrected chi connectivity index (χ3v) is 3.36. The van der Waals surface area contributed by atoms with Crippen LogP contribution in [-0.2, 0) is 10.0 Å². The fourth-order valence-electron chi connectivity index (χ4n) is 1.25. The zero-order valence-electron chi connectivity index (χ0n) is 9.38. The zero-order chi connectivity index (χ0) is 13.2. The molecular formula is C10H9N5O2S. The number of hydrogen-bond donors (Lipinski definition) is 2. The highest BCUT2D eigenvalue weighted by Gasteiger charge is 2.16. The molecule has 0 radical (unpaired) electrons. The van der Waals surface area contributed by atoms with Crippen LogP contribution in [0.15, 0.2) is 29.6 Å². The normalized spacial score (nSPS) is 10.9. The molecule has 0 amide bonds. The predicted octanol–water partition coefficient (Wildman–Crippen LogP) is 0.786. The Labute approximate surface area is 104 Å². The van der Waals surface area contributed by atoms with Crippen molar-refractivity contribution in [2.24, 2.45) is 0 Å². The van der Waals surface area contributed by atoms with Crippen molar-refractivity contribution in [1.29, 1.82) is 5.26 Å². The number of imidazole rings is 1. The van der Waals surface area contributed by atoms with Crippen molar-refractivity contribution < 1.29 is 8.42 Å². The molecule has 8 heteroatoms. The lowest BCUT2D eigenvalue weighted by Gasteiger charge is -2.04. The van der Waals surface area contributed by atoms with E-state index in [2.05, 4.69) is 19.7 Å². The van der Waals surface area contributed by atoms with Gasteiger partial charge in [-0.25, -0.2) is 9.97 Å². The van der Waals surface area contributed by atoms with Gasteiger partial charge in [0.25, 0.3) is 10.0 Å². The summed E-state index contributed by atoms with van der Waals surface area (Å²) in [5, 5.41) is 8.56. The number of sulfonamides is 1. The third-order valence-electron chi connectivity index (χ3n) is 2.10. The molecule has 92 valence electrons. The summed E-state index contributed by atoms with van der Waals surface area (Å²) in [7, 11) is -3.73. The highest BCUT2D eigenvalue weighted by molar-refractivity contribution is 7.92. The van der Waals surface area contributed by atoms with Gasteiger partial charge in [0.2, 0.25) is 0 Å². The van der Waals surface area contributed by atoms with E-state index in [1.165, 1.54) is 24.5 Å². The topological polar surface area (TPSA) is 112 Å². The third kappa shape index (κ3) is 2.46. The zero-order valence-corrected chi connectivity index (χ0v) is 10.2. The first-order valence-electron chi connectivity index (χ1n) is 4.92. The first-order chi connectivity index (χ1) is 8.51. The van der Waals surface area contributed by atoms with Crippen LogP contribution in [0.5, 0.6) is 0 Å². The minimum absolute atomic E-state index is 0.0360. The molecule has 0 saturated heterocycles. The molecule has 2 heterocycles. The predicted molar refractivity (Wildman–Crippen MR) is 63.1 cm³/mol. The fraction of sp³-hybridized carbons (Fsp3) is 0.100. The van der Waals surface area contributed by atoms with Gasteiger partial charge in [-0.2, -0.15) is 13.7 Å². The minimum atomic E-state index is -3.73. The smallest absolute Gasteiger partial charge is 0.280 e. The van der Waals surface area contributed by atoms with Crippen molar-refractivity contribution >= 4 is 15.8 Å². The van der Waals surface area contributed by atoms with E-state index in [4.69, 9.17) is 5.26 Å². The van der Waals surface area contributed by atoms with E-state index in [1.54, 1.807) is 6.92 Å². The lowest BCUT2D eigenvalue weighted by Crippen LogP contribution is -2.14. The van der Waals surface area contributed by atoms with Crippen LogP contribution >= 0.6 is 0 Å². The van der Waals surface area contributed by atoms with E-state index in [0.717, 1.165) is 0 Å². The van der Waals surface area contributed by atoms with Gasteiger partial charge in [-0.05, 0) is 19.1 Å². The maximum Gasteiger partial charge on any atom is 0.280 e. The molecule has 0 aliphatic rings. The van der Waals surface area contributed by atoms with Crippen molar-refractivity contribution in [1.82, 2.24) is 15.0 Å². The number of nitriles is 1. The summed E-state index contributed by atoms with van der Waals surface area (Å²) in [6, 6.07) is 4.79. The Balaban J connectivity index is 2.25. The molecule has 7 nitrogen and oxygen atoms in total. The SMILES string of the molecule is Cc1ncc(S(=O)(=O)Nc2ccc(C#N)cn2)[nH]1. The van der Waals surface area contributed by atoms with Gasteiger partial charge in [-0.1, -0.05) is 0 Å². The number of H-pyrrole nitrogens is 1. The molecule has 2 N–H and O–H groups in total. The second kappa shape index (κ2) is 4.46. The number of anilines is 1. The van der Waals surface area contributed by atoms with E-state index in [1.807, 2.05) is 6.07 Å². The van der Waals surface area contributed by atoms with E-state index in [0.29, 0.717) is 11.4 Å². The number of aromatic nitrogens is 3. The standard InChI is InChI=1S/C10H9N5O2S/c1-7-12-6-10(14-7)18(16,17)15-9-3-2-8(4-11)5-13-9/h2-3,5-6H,1H3,(H,12,14)(H,13,15). The van der Waals surface area contributed by atoms with Crippen molar-refractivity contribution in [2.45, 2.75) is 11.9 Å². The number of aryl methyl sites for hydroxylation is 1. The molecule has 0 unspecified atom stereocenters. The molecule has 2 aromatic rings. The fourth-order valence-corrected chi connectivity index (χ4v) is 2.23. The summed E-state index contributed by atoms with van der Waals surface area (Å²) in [5.74, 6) is 0.643. The highest BCUT2D eigenvalue weighted by atomic mass is 32.2. The Morgan fingerprint density at radius 2 is 2.11 bits per heavy atom. The van der Waals surface area contributed by atoms with Crippen LogP contribution in [0.25, 0.3) is 0 Å². The summed E-state index contributed by atoms with van der Waals surface area (Å²) in [5.41, 5.74) is 0.357. The largest absolute Gasteiger partial charge is 0.332 e. The van der Waals surface area contributed by atoms with Crippen LogP contribution in [0.1, 0.15) is 11.4 Å². The quantitative estimate of drug-likeness (QED) is 0.850. The van der Waals surface area contributed by atoms with E-state index >= 15 is 0 Å². The highest BCUT2D eigenvalue weighted by Crippen LogP contribution is 2.12. The molecule has 0 fully saturated rings. The van der Waals surface area contributed by atoms with Gasteiger partial charge < -0.3 is 4.98 Å². The summed E-state index contributed by atoms with van der Waals surface area (Å²) >= 11 is 0. The number of nitrogens with zero attached hydrogens (tertiary/aromatic N) is 3. The molecule has 18 heavy (non-hydrogen) atoms. The van der Waals surface area contributed by atoms with Gasteiger partial charge in [0, 0.05) is 6.20 Å². The first kappa shape index (κ1) is 12.1. The van der Waals surface area contributed by atoms with Crippen LogP contribution in [0.4, 0.5) is 5.82 Å². The van der Waals surface area contributed by atoms with Crippen molar-refractivity contribution in [3.8, 4) is 6.07 Å². The Kier molecular flexibility index (Phi) is 2.99. The van der Waals surface area contributed by atoms with E-state index in [-0.39, 0.29) is 10.8 Å². The molecular weight excluding hydrogens is 254 g/mol. The molecule has 0 aliphatic carbocycles. The maximum absolute atomic E-state index is 11.9. The Morgan fingerprint density at radius 1 is 1.33 bits per heavy atom. The van der Waals surface area contributed by atoms with Crippen molar-refractivity contribution in [3.63, 3.8) is 0 Å². The summed E-state index contributed by atoms with van der Waals surface area (Å²) in [4.78, 5) is 10.3. The number of rotatable bonds is 3. The molecule has 0 atom stereocenters. The second-order valence-electron chi connectivity index (χ2n) is 3.48. The summed E-state index contributed by atoms with van der Waals surface area (Å²) in [6.07, 6.45) is 2.51. The molecule has 2 aromatic heterocycles. The second-order valence-corrected chi connectivity index (χ2v) is 5.13. The van der Waals surface area contributed by atoms with Gasteiger partial charge >= 0.3 is 0 Å². The van der Waals surface area contributed by atoms with Crippen LogP contribution in [0.2, 0.25) is 0 Å². The molecule has 0 bridgehead atoms. The lowest BCUT2D eigenvalue weighted by molar-refractivity contribution is 0.598. The summed E-state index contributed by atoms with van der Waals surface area (Å²) < 4.78 is 26.0. The van der Waals surface area contributed by atoms with Gasteiger partial charge in [0.1, 0.15) is 17.7 Å². The number of nitrogens with one attached hydrogen (secondary N) is 2. The van der Waals surface area contributed by atoms with E-state index < -0.39 is 10.0 Å². The Morgan fingerprint density at radius 3 is 2.61 bits per heavy atom. The monoisotopic (exact) mass is 263 g/mol. The number of hydrogen-bond acceptors (Lipinski definition) is 5. The van der Waals surface area contributed by atoms with Crippen LogP contribution < -0.4 is 4.72 Å². The molecule has 2 rings (SSSR count). The average Bonchev–Trinajstić information content (AvgIpc) is 2.77. The Hall–Kier alpha value is -2.40. The van der Waals surface area contributed by atoms with Crippen molar-refractivity contribution in [3.05, 3.63) is 35.9 Å². The average molecular weight is 263 g/mol. The van der Waals surface area contributed by atoms with Crippen LogP contribution in [-0.4, -0.2) is 23.4 Å².